The van der Waals surface area contributed by atoms with Crippen molar-refractivity contribution in [3.63, 3.8) is 0 Å². The lowest BCUT2D eigenvalue weighted by molar-refractivity contribution is 0.535. The highest BCUT2D eigenvalue weighted by atomic mass is 15.0. The molecule has 0 saturated carbocycles. The van der Waals surface area contributed by atoms with Gasteiger partial charge in [0.15, 0.2) is 0 Å². The molecular weight excluding hydrogens is 196 g/mol. The van der Waals surface area contributed by atoms with Gasteiger partial charge in [-0.05, 0) is 42.1 Å². The predicted molar refractivity (Wildman–Crippen MR) is 69.5 cm³/mol. The topological polar surface area (TPSA) is 17.0 Å². The molecule has 0 aliphatic carbocycles. The van der Waals surface area contributed by atoms with Crippen LogP contribution in [-0.4, -0.2) is 11.6 Å². The maximum atomic E-state index is 3.18. The van der Waals surface area contributed by atoms with Gasteiger partial charge in [-0.25, -0.2) is 0 Å². The quantitative estimate of drug-likeness (QED) is 0.831. The Balaban J connectivity index is 2.34. The van der Waals surface area contributed by atoms with Crippen LogP contribution in [0.15, 0.2) is 30.5 Å². The van der Waals surface area contributed by atoms with Gasteiger partial charge in [0, 0.05) is 24.8 Å². The number of hydrogen-bond donors (Lipinski definition) is 1. The van der Waals surface area contributed by atoms with Gasteiger partial charge < -0.3 is 9.88 Å². The van der Waals surface area contributed by atoms with E-state index in [-0.39, 0.29) is 0 Å². The fraction of sp³-hybridized carbons (Fsp3) is 0.429. The van der Waals surface area contributed by atoms with E-state index in [0.717, 1.165) is 13.1 Å². The van der Waals surface area contributed by atoms with Crippen LogP contribution in [0.2, 0.25) is 0 Å². The second-order valence-corrected chi connectivity index (χ2v) is 4.79. The third kappa shape index (κ3) is 2.27. The second kappa shape index (κ2) is 4.71. The first-order valence-electron chi connectivity index (χ1n) is 5.93. The average Bonchev–Trinajstić information content (AvgIpc) is 2.61. The smallest absolute Gasteiger partial charge is 0.0480 e. The molecule has 2 rings (SSSR count). The first-order chi connectivity index (χ1) is 7.70. The van der Waals surface area contributed by atoms with Gasteiger partial charge in [-0.3, -0.25) is 0 Å². The molecule has 1 aromatic heterocycles. The van der Waals surface area contributed by atoms with Crippen molar-refractivity contribution in [3.05, 3.63) is 36.0 Å². The molecule has 0 bridgehead atoms. The van der Waals surface area contributed by atoms with Gasteiger partial charge >= 0.3 is 0 Å². The lowest BCUT2D eigenvalue weighted by Gasteiger charge is -2.08. The van der Waals surface area contributed by atoms with E-state index in [2.05, 4.69) is 54.2 Å². The van der Waals surface area contributed by atoms with Gasteiger partial charge in [0.25, 0.3) is 0 Å². The normalized spacial score (nSPS) is 11.5. The van der Waals surface area contributed by atoms with Crippen molar-refractivity contribution in [2.45, 2.75) is 26.9 Å². The number of hydrogen-bond acceptors (Lipinski definition) is 1. The summed E-state index contributed by atoms with van der Waals surface area (Å²) in [6.07, 6.45) is 2.19. The molecule has 2 nitrogen and oxygen atoms in total. The molecule has 0 amide bonds. The Morgan fingerprint density at radius 1 is 1.25 bits per heavy atom. The Bertz CT molecular complexity index is 469. The van der Waals surface area contributed by atoms with Crippen LogP contribution in [0.1, 0.15) is 19.4 Å². The molecule has 0 fully saturated rings. The molecule has 16 heavy (non-hydrogen) atoms. The fourth-order valence-electron chi connectivity index (χ4n) is 2.12. The van der Waals surface area contributed by atoms with Crippen LogP contribution in [0.25, 0.3) is 10.9 Å². The summed E-state index contributed by atoms with van der Waals surface area (Å²) in [4.78, 5) is 0. The molecule has 0 spiro atoms. The number of nitrogens with zero attached hydrogens (tertiary/aromatic N) is 1. The third-order valence-electron chi connectivity index (χ3n) is 2.78. The molecule has 2 heteroatoms. The summed E-state index contributed by atoms with van der Waals surface area (Å²) in [5.74, 6) is 0.688. The maximum Gasteiger partial charge on any atom is 0.0480 e. The van der Waals surface area contributed by atoms with Crippen molar-refractivity contribution >= 4 is 10.9 Å². The molecule has 1 aromatic carbocycles. The molecule has 0 aliphatic rings. The number of nitrogens with one attached hydrogen (secondary N) is 1. The van der Waals surface area contributed by atoms with Crippen molar-refractivity contribution < 1.29 is 0 Å². The van der Waals surface area contributed by atoms with Gasteiger partial charge in [0.05, 0.1) is 0 Å². The van der Waals surface area contributed by atoms with Crippen molar-refractivity contribution in [2.75, 3.05) is 7.05 Å². The number of fused-ring (bicyclic) bond motifs is 1. The lowest BCUT2D eigenvalue weighted by Crippen LogP contribution is -2.05. The monoisotopic (exact) mass is 216 g/mol. The Morgan fingerprint density at radius 3 is 2.75 bits per heavy atom. The lowest BCUT2D eigenvalue weighted by atomic mass is 10.1. The number of rotatable bonds is 4. The fourth-order valence-corrected chi connectivity index (χ4v) is 2.12. The molecule has 0 radical (unpaired) electrons. The first-order valence-corrected chi connectivity index (χ1v) is 5.93. The molecule has 0 atom stereocenters. The third-order valence-corrected chi connectivity index (χ3v) is 2.78. The zero-order valence-electron chi connectivity index (χ0n) is 10.3. The van der Waals surface area contributed by atoms with E-state index in [1.807, 2.05) is 7.05 Å². The Kier molecular flexibility index (Phi) is 3.30. The first kappa shape index (κ1) is 11.2. The summed E-state index contributed by atoms with van der Waals surface area (Å²) in [6, 6.07) is 8.90. The minimum atomic E-state index is 0.688. The van der Waals surface area contributed by atoms with Crippen LogP contribution in [0.4, 0.5) is 0 Å². The molecule has 0 unspecified atom stereocenters. The maximum absolute atomic E-state index is 3.18. The molecule has 1 N–H and O–H groups in total. The largest absolute Gasteiger partial charge is 0.347 e. The number of aromatic nitrogens is 1. The summed E-state index contributed by atoms with van der Waals surface area (Å²) in [5, 5.41) is 4.52. The van der Waals surface area contributed by atoms with E-state index < -0.39 is 0 Å². The minimum absolute atomic E-state index is 0.688. The molecule has 86 valence electrons. The van der Waals surface area contributed by atoms with E-state index in [1.54, 1.807) is 0 Å². The van der Waals surface area contributed by atoms with E-state index >= 15 is 0 Å². The molecule has 0 saturated heterocycles. The second-order valence-electron chi connectivity index (χ2n) is 4.79. The van der Waals surface area contributed by atoms with E-state index in [0.29, 0.717) is 5.92 Å². The highest BCUT2D eigenvalue weighted by Crippen LogP contribution is 2.18. The van der Waals surface area contributed by atoms with Crippen LogP contribution < -0.4 is 5.32 Å². The Morgan fingerprint density at radius 2 is 2.06 bits per heavy atom. The number of benzene rings is 1. The molecule has 1 heterocycles. The highest BCUT2D eigenvalue weighted by Gasteiger charge is 2.03. The van der Waals surface area contributed by atoms with Crippen molar-refractivity contribution in [1.82, 2.24) is 9.88 Å². The van der Waals surface area contributed by atoms with Gasteiger partial charge in [0.1, 0.15) is 0 Å². The van der Waals surface area contributed by atoms with Crippen LogP contribution in [0.5, 0.6) is 0 Å². The highest BCUT2D eigenvalue weighted by molar-refractivity contribution is 5.80. The average molecular weight is 216 g/mol. The summed E-state index contributed by atoms with van der Waals surface area (Å²) >= 11 is 0. The van der Waals surface area contributed by atoms with Crippen LogP contribution >= 0.6 is 0 Å². The van der Waals surface area contributed by atoms with E-state index in [9.17, 15) is 0 Å². The van der Waals surface area contributed by atoms with E-state index in [1.165, 1.54) is 16.5 Å². The summed E-state index contributed by atoms with van der Waals surface area (Å²) < 4.78 is 2.34. The predicted octanol–water partition coefficient (Wildman–Crippen LogP) is 3.02. The van der Waals surface area contributed by atoms with Gasteiger partial charge in [0.2, 0.25) is 0 Å². The van der Waals surface area contributed by atoms with Crippen LogP contribution in [-0.2, 0) is 13.1 Å². The Labute approximate surface area is 97.3 Å². The van der Waals surface area contributed by atoms with Crippen molar-refractivity contribution in [2.24, 2.45) is 5.92 Å². The van der Waals surface area contributed by atoms with E-state index in [4.69, 9.17) is 0 Å². The standard InChI is InChI=1S/C14H20N2/c1-11(2)10-16-7-6-13-8-12(9-15-3)4-5-14(13)16/h4-8,11,15H,9-10H2,1-3H3. The molecular formula is C14H20N2. The molecule has 0 aliphatic heterocycles. The zero-order chi connectivity index (χ0) is 11.5. The summed E-state index contributed by atoms with van der Waals surface area (Å²) in [6.45, 7) is 6.53. The molecule has 2 aromatic rings. The SMILES string of the molecule is CNCc1ccc2c(ccn2CC(C)C)c1. The van der Waals surface area contributed by atoms with Gasteiger partial charge in [-0.2, -0.15) is 0 Å². The summed E-state index contributed by atoms with van der Waals surface area (Å²) in [5.41, 5.74) is 2.69. The van der Waals surface area contributed by atoms with Gasteiger partial charge in [-0.15, -0.1) is 0 Å². The van der Waals surface area contributed by atoms with Crippen LogP contribution in [0, 0.1) is 5.92 Å². The summed E-state index contributed by atoms with van der Waals surface area (Å²) in [7, 11) is 1.98. The van der Waals surface area contributed by atoms with Crippen LogP contribution in [0.3, 0.4) is 0 Å². The minimum Gasteiger partial charge on any atom is -0.347 e. The van der Waals surface area contributed by atoms with Crippen molar-refractivity contribution in [1.29, 1.82) is 0 Å². The van der Waals surface area contributed by atoms with Gasteiger partial charge in [-0.1, -0.05) is 19.9 Å². The van der Waals surface area contributed by atoms with Crippen molar-refractivity contribution in [3.8, 4) is 0 Å². The Hall–Kier alpha value is -1.28. The zero-order valence-corrected chi connectivity index (χ0v) is 10.3.